The number of unbranched alkanes of at least 4 members (excludes halogenated alkanes) is 1. The Labute approximate surface area is 91.9 Å². The second kappa shape index (κ2) is 6.08. The molecule has 0 radical (unpaired) electrons. The van der Waals surface area contributed by atoms with Crippen molar-refractivity contribution >= 4 is 5.91 Å². The van der Waals surface area contributed by atoms with Crippen LogP contribution in [0.1, 0.15) is 25.7 Å². The summed E-state index contributed by atoms with van der Waals surface area (Å²) in [4.78, 5) is 15.4. The molecule has 0 spiro atoms. The van der Waals surface area contributed by atoms with E-state index in [9.17, 15) is 4.79 Å². The molecule has 1 aliphatic carbocycles. The van der Waals surface area contributed by atoms with Crippen molar-refractivity contribution in [1.82, 2.24) is 9.80 Å². The first kappa shape index (κ1) is 12.5. The molecule has 0 aromatic carbocycles. The zero-order chi connectivity index (χ0) is 11.3. The van der Waals surface area contributed by atoms with Gasteiger partial charge in [0.25, 0.3) is 0 Å². The van der Waals surface area contributed by atoms with E-state index >= 15 is 0 Å². The van der Waals surface area contributed by atoms with Crippen molar-refractivity contribution in [1.29, 1.82) is 0 Å². The van der Waals surface area contributed by atoms with Gasteiger partial charge >= 0.3 is 0 Å². The van der Waals surface area contributed by atoms with Gasteiger partial charge in [-0.3, -0.25) is 9.69 Å². The quantitative estimate of drug-likeness (QED) is 0.620. The van der Waals surface area contributed by atoms with E-state index in [1.807, 2.05) is 0 Å². The highest BCUT2D eigenvalue weighted by molar-refractivity contribution is 5.77. The van der Waals surface area contributed by atoms with Crippen molar-refractivity contribution in [3.63, 3.8) is 0 Å². The minimum atomic E-state index is 0.172. The lowest BCUT2D eigenvalue weighted by atomic mass is 10.3. The minimum Gasteiger partial charge on any atom is -0.396 e. The first-order valence-corrected chi connectivity index (χ1v) is 5.70. The number of rotatable bonds is 7. The summed E-state index contributed by atoms with van der Waals surface area (Å²) in [5.74, 6) is 0.172. The van der Waals surface area contributed by atoms with Crippen LogP contribution in [0.25, 0.3) is 0 Å². The fourth-order valence-electron chi connectivity index (χ4n) is 1.57. The third-order valence-corrected chi connectivity index (χ3v) is 2.75. The molecule has 0 aliphatic heterocycles. The van der Waals surface area contributed by atoms with E-state index in [4.69, 9.17) is 5.11 Å². The number of likely N-dealkylation sites (N-methyl/N-ethyl adjacent to an activating group) is 1. The summed E-state index contributed by atoms with van der Waals surface area (Å²) < 4.78 is 0. The molecular weight excluding hydrogens is 192 g/mol. The predicted molar refractivity (Wildman–Crippen MR) is 59.6 cm³/mol. The van der Waals surface area contributed by atoms with Crippen LogP contribution < -0.4 is 0 Å². The molecule has 0 unspecified atom stereocenters. The number of aliphatic hydroxyl groups is 1. The monoisotopic (exact) mass is 214 g/mol. The molecule has 0 aromatic heterocycles. The Morgan fingerprint density at radius 2 is 2.00 bits per heavy atom. The van der Waals surface area contributed by atoms with Gasteiger partial charge in [0.2, 0.25) is 5.91 Å². The SMILES string of the molecule is CN(C)C(=O)CN(CCCCO)C1CC1. The molecule has 0 aromatic rings. The van der Waals surface area contributed by atoms with E-state index in [0.29, 0.717) is 12.6 Å². The number of carbonyl (C=O) groups is 1. The van der Waals surface area contributed by atoms with Gasteiger partial charge in [-0.05, 0) is 32.2 Å². The molecule has 4 nitrogen and oxygen atoms in total. The van der Waals surface area contributed by atoms with Gasteiger partial charge in [0.15, 0.2) is 0 Å². The van der Waals surface area contributed by atoms with E-state index in [2.05, 4.69) is 4.90 Å². The molecule has 88 valence electrons. The van der Waals surface area contributed by atoms with Gasteiger partial charge in [-0.15, -0.1) is 0 Å². The highest BCUT2D eigenvalue weighted by atomic mass is 16.2. The average molecular weight is 214 g/mol. The van der Waals surface area contributed by atoms with E-state index in [0.717, 1.165) is 19.4 Å². The van der Waals surface area contributed by atoms with E-state index in [1.54, 1.807) is 19.0 Å². The number of aliphatic hydroxyl groups excluding tert-OH is 1. The maximum atomic E-state index is 11.6. The third-order valence-electron chi connectivity index (χ3n) is 2.75. The van der Waals surface area contributed by atoms with E-state index in [1.165, 1.54) is 12.8 Å². The molecule has 1 N–H and O–H groups in total. The van der Waals surface area contributed by atoms with Crippen LogP contribution in [-0.2, 0) is 4.79 Å². The first-order chi connectivity index (χ1) is 7.15. The van der Waals surface area contributed by atoms with Gasteiger partial charge in [-0.1, -0.05) is 0 Å². The lowest BCUT2D eigenvalue weighted by Crippen LogP contribution is -2.38. The summed E-state index contributed by atoms with van der Waals surface area (Å²) in [5.41, 5.74) is 0. The van der Waals surface area contributed by atoms with Crippen molar-refractivity contribution < 1.29 is 9.90 Å². The summed E-state index contributed by atoms with van der Waals surface area (Å²) in [7, 11) is 3.59. The largest absolute Gasteiger partial charge is 0.396 e. The Morgan fingerprint density at radius 3 is 2.47 bits per heavy atom. The standard InChI is InChI=1S/C11H22N2O2/c1-12(2)11(15)9-13(10-5-6-10)7-3-4-8-14/h10,14H,3-9H2,1-2H3. The van der Waals surface area contributed by atoms with Gasteiger partial charge in [0.05, 0.1) is 6.54 Å². The zero-order valence-electron chi connectivity index (χ0n) is 9.78. The Kier molecular flexibility index (Phi) is 5.05. The number of hydrogen-bond donors (Lipinski definition) is 1. The van der Waals surface area contributed by atoms with Gasteiger partial charge in [-0.2, -0.15) is 0 Å². The Balaban J connectivity index is 2.27. The molecule has 0 bridgehead atoms. The molecule has 1 aliphatic rings. The van der Waals surface area contributed by atoms with Crippen LogP contribution in [0.3, 0.4) is 0 Å². The van der Waals surface area contributed by atoms with Crippen molar-refractivity contribution in [3.8, 4) is 0 Å². The fourth-order valence-corrected chi connectivity index (χ4v) is 1.57. The second-order valence-electron chi connectivity index (χ2n) is 4.42. The topological polar surface area (TPSA) is 43.8 Å². The van der Waals surface area contributed by atoms with Crippen LogP contribution in [0.5, 0.6) is 0 Å². The summed E-state index contributed by atoms with van der Waals surface area (Å²) in [6.07, 6.45) is 4.26. The van der Waals surface area contributed by atoms with Crippen LogP contribution in [0, 0.1) is 0 Å². The Hall–Kier alpha value is -0.610. The highest BCUT2D eigenvalue weighted by Gasteiger charge is 2.29. The van der Waals surface area contributed by atoms with E-state index < -0.39 is 0 Å². The van der Waals surface area contributed by atoms with Crippen LogP contribution in [0.2, 0.25) is 0 Å². The maximum Gasteiger partial charge on any atom is 0.236 e. The predicted octanol–water partition coefficient (Wildman–Crippen LogP) is 0.311. The lowest BCUT2D eigenvalue weighted by Gasteiger charge is -2.22. The zero-order valence-corrected chi connectivity index (χ0v) is 9.78. The average Bonchev–Trinajstić information content (AvgIpc) is 2.99. The lowest BCUT2D eigenvalue weighted by molar-refractivity contribution is -0.130. The van der Waals surface area contributed by atoms with Crippen molar-refractivity contribution in [3.05, 3.63) is 0 Å². The second-order valence-corrected chi connectivity index (χ2v) is 4.42. The summed E-state index contributed by atoms with van der Waals surface area (Å²) in [5, 5.41) is 8.71. The molecule has 0 atom stereocenters. The molecule has 1 amide bonds. The molecule has 4 heteroatoms. The molecule has 15 heavy (non-hydrogen) atoms. The number of carbonyl (C=O) groups excluding carboxylic acids is 1. The van der Waals surface area contributed by atoms with Crippen molar-refractivity contribution in [2.45, 2.75) is 31.7 Å². The minimum absolute atomic E-state index is 0.172. The number of hydrogen-bond acceptors (Lipinski definition) is 3. The number of nitrogens with zero attached hydrogens (tertiary/aromatic N) is 2. The molecule has 1 fully saturated rings. The number of amides is 1. The molecular formula is C11H22N2O2. The van der Waals surface area contributed by atoms with Crippen LogP contribution in [-0.4, -0.2) is 60.6 Å². The maximum absolute atomic E-state index is 11.6. The van der Waals surface area contributed by atoms with Crippen LogP contribution in [0.15, 0.2) is 0 Å². The normalized spacial score (nSPS) is 15.7. The van der Waals surface area contributed by atoms with Crippen molar-refractivity contribution in [2.75, 3.05) is 33.8 Å². The smallest absolute Gasteiger partial charge is 0.236 e. The van der Waals surface area contributed by atoms with Crippen LogP contribution >= 0.6 is 0 Å². The summed E-state index contributed by atoms with van der Waals surface area (Å²) in [6, 6.07) is 0.618. The van der Waals surface area contributed by atoms with E-state index in [-0.39, 0.29) is 12.5 Å². The Bertz CT molecular complexity index is 203. The van der Waals surface area contributed by atoms with Gasteiger partial charge < -0.3 is 10.0 Å². The fraction of sp³-hybridized carbons (Fsp3) is 0.909. The molecule has 1 rings (SSSR count). The molecule has 0 saturated heterocycles. The van der Waals surface area contributed by atoms with Gasteiger partial charge in [-0.25, -0.2) is 0 Å². The summed E-state index contributed by atoms with van der Waals surface area (Å²) >= 11 is 0. The van der Waals surface area contributed by atoms with Crippen molar-refractivity contribution in [2.24, 2.45) is 0 Å². The summed E-state index contributed by atoms with van der Waals surface area (Å²) in [6.45, 7) is 1.72. The third kappa shape index (κ3) is 4.62. The Morgan fingerprint density at radius 1 is 1.33 bits per heavy atom. The van der Waals surface area contributed by atoms with Crippen LogP contribution in [0.4, 0.5) is 0 Å². The molecule has 1 saturated carbocycles. The van der Waals surface area contributed by atoms with Gasteiger partial charge in [0, 0.05) is 26.7 Å². The highest BCUT2D eigenvalue weighted by Crippen LogP contribution is 2.26. The van der Waals surface area contributed by atoms with Gasteiger partial charge in [0.1, 0.15) is 0 Å². The molecule has 0 heterocycles. The first-order valence-electron chi connectivity index (χ1n) is 5.70.